The second-order valence-corrected chi connectivity index (χ2v) is 5.05. The summed E-state index contributed by atoms with van der Waals surface area (Å²) < 4.78 is 10.8. The van der Waals surface area contributed by atoms with E-state index < -0.39 is 0 Å². The van der Waals surface area contributed by atoms with Gasteiger partial charge in [-0.2, -0.15) is 0 Å². The van der Waals surface area contributed by atoms with Crippen molar-refractivity contribution in [2.75, 3.05) is 27.8 Å². The van der Waals surface area contributed by atoms with Crippen molar-refractivity contribution in [3.63, 3.8) is 0 Å². The van der Waals surface area contributed by atoms with Gasteiger partial charge in [0, 0.05) is 18.5 Å². The molecule has 2 rings (SSSR count). The fourth-order valence-corrected chi connectivity index (χ4v) is 2.57. The fourth-order valence-electron chi connectivity index (χ4n) is 2.57. The van der Waals surface area contributed by atoms with Gasteiger partial charge in [-0.3, -0.25) is 0 Å². The highest BCUT2D eigenvalue weighted by Gasteiger charge is 2.14. The van der Waals surface area contributed by atoms with Crippen LogP contribution >= 0.6 is 0 Å². The summed E-state index contributed by atoms with van der Waals surface area (Å²) in [5.74, 6) is 2.12. The molecule has 0 radical (unpaired) electrons. The largest absolute Gasteiger partial charge is 0.497 e. The van der Waals surface area contributed by atoms with Gasteiger partial charge in [-0.05, 0) is 30.7 Å². The molecule has 0 fully saturated rings. The van der Waals surface area contributed by atoms with Crippen LogP contribution in [-0.4, -0.2) is 27.8 Å². The second-order valence-electron chi connectivity index (χ2n) is 5.05. The lowest BCUT2D eigenvalue weighted by Crippen LogP contribution is -2.19. The Morgan fingerprint density at radius 2 is 1.76 bits per heavy atom. The zero-order chi connectivity index (χ0) is 15.1. The molecule has 1 atom stereocenters. The van der Waals surface area contributed by atoms with E-state index in [0.717, 1.165) is 24.5 Å². The first-order chi connectivity index (χ1) is 10.3. The van der Waals surface area contributed by atoms with Crippen LogP contribution in [0, 0.1) is 0 Å². The summed E-state index contributed by atoms with van der Waals surface area (Å²) >= 11 is 0. The lowest BCUT2D eigenvalue weighted by molar-refractivity contribution is 0.390. The average molecular weight is 285 g/mol. The third-order valence-electron chi connectivity index (χ3n) is 3.68. The molecule has 0 saturated heterocycles. The van der Waals surface area contributed by atoms with Gasteiger partial charge in [-0.1, -0.05) is 36.4 Å². The molecule has 2 aromatic carbocycles. The highest BCUT2D eigenvalue weighted by Crippen LogP contribution is 2.29. The minimum Gasteiger partial charge on any atom is -0.497 e. The number of rotatable bonds is 7. The van der Waals surface area contributed by atoms with Gasteiger partial charge in [0.05, 0.1) is 14.2 Å². The molecule has 2 aromatic rings. The highest BCUT2D eigenvalue weighted by molar-refractivity contribution is 5.42. The molecular weight excluding hydrogens is 262 g/mol. The number of hydrogen-bond acceptors (Lipinski definition) is 3. The van der Waals surface area contributed by atoms with E-state index in [1.165, 1.54) is 11.1 Å². The Bertz CT molecular complexity index is 554. The predicted molar refractivity (Wildman–Crippen MR) is 86.4 cm³/mol. The van der Waals surface area contributed by atoms with Crippen LogP contribution in [0.4, 0.5) is 0 Å². The van der Waals surface area contributed by atoms with E-state index in [1.807, 2.05) is 25.2 Å². The summed E-state index contributed by atoms with van der Waals surface area (Å²) in [7, 11) is 5.36. The molecule has 3 heteroatoms. The molecule has 0 heterocycles. The van der Waals surface area contributed by atoms with Crippen molar-refractivity contribution < 1.29 is 9.47 Å². The molecular formula is C18H23NO2. The first-order valence-corrected chi connectivity index (χ1v) is 7.19. The lowest BCUT2D eigenvalue weighted by atomic mass is 9.91. The number of likely N-dealkylation sites (N-methyl/N-ethyl adjacent to an activating group) is 1. The van der Waals surface area contributed by atoms with E-state index in [1.54, 1.807) is 14.2 Å². The van der Waals surface area contributed by atoms with Crippen LogP contribution in [0.3, 0.4) is 0 Å². The van der Waals surface area contributed by atoms with Crippen LogP contribution in [0.1, 0.15) is 17.0 Å². The summed E-state index contributed by atoms with van der Waals surface area (Å²) in [6.45, 7) is 0.930. The van der Waals surface area contributed by atoms with Crippen LogP contribution in [-0.2, 0) is 6.42 Å². The Labute approximate surface area is 126 Å². The lowest BCUT2D eigenvalue weighted by Gasteiger charge is -2.19. The molecule has 112 valence electrons. The van der Waals surface area contributed by atoms with Crippen molar-refractivity contribution >= 4 is 0 Å². The van der Waals surface area contributed by atoms with Gasteiger partial charge in [0.2, 0.25) is 0 Å². The maximum Gasteiger partial charge on any atom is 0.125 e. The van der Waals surface area contributed by atoms with Gasteiger partial charge in [0.1, 0.15) is 11.5 Å². The van der Waals surface area contributed by atoms with E-state index >= 15 is 0 Å². The first-order valence-electron chi connectivity index (χ1n) is 7.19. The molecule has 21 heavy (non-hydrogen) atoms. The van der Waals surface area contributed by atoms with Crippen molar-refractivity contribution in [3.8, 4) is 11.5 Å². The van der Waals surface area contributed by atoms with E-state index in [4.69, 9.17) is 9.47 Å². The van der Waals surface area contributed by atoms with E-state index in [9.17, 15) is 0 Å². The minimum absolute atomic E-state index is 0.415. The standard InChI is InChI=1S/C18H23NO2/c1-19-13-16(14-7-5-4-6-8-14)11-15-9-10-17(20-2)12-18(15)21-3/h4-10,12,16,19H,11,13H2,1-3H3. The normalized spacial score (nSPS) is 12.0. The van der Waals surface area contributed by atoms with Crippen molar-refractivity contribution in [2.24, 2.45) is 0 Å². The predicted octanol–water partition coefficient (Wildman–Crippen LogP) is 3.25. The maximum atomic E-state index is 5.50. The van der Waals surface area contributed by atoms with Crippen molar-refractivity contribution in [1.29, 1.82) is 0 Å². The summed E-state index contributed by atoms with van der Waals surface area (Å²) in [6.07, 6.45) is 0.929. The average Bonchev–Trinajstić information content (AvgIpc) is 2.55. The monoisotopic (exact) mass is 285 g/mol. The first kappa shape index (κ1) is 15.4. The van der Waals surface area contributed by atoms with Crippen molar-refractivity contribution in [3.05, 3.63) is 59.7 Å². The summed E-state index contributed by atoms with van der Waals surface area (Å²) in [5, 5.41) is 3.28. The minimum atomic E-state index is 0.415. The van der Waals surface area contributed by atoms with Crippen LogP contribution in [0.25, 0.3) is 0 Å². The summed E-state index contributed by atoms with van der Waals surface area (Å²) in [5.41, 5.74) is 2.53. The zero-order valence-corrected chi connectivity index (χ0v) is 12.9. The Morgan fingerprint density at radius 1 is 1.00 bits per heavy atom. The van der Waals surface area contributed by atoms with Gasteiger partial charge in [0.15, 0.2) is 0 Å². The van der Waals surface area contributed by atoms with Crippen LogP contribution in [0.5, 0.6) is 11.5 Å². The topological polar surface area (TPSA) is 30.5 Å². The number of methoxy groups -OCH3 is 2. The van der Waals surface area contributed by atoms with Gasteiger partial charge >= 0.3 is 0 Å². The number of ether oxygens (including phenoxy) is 2. The smallest absolute Gasteiger partial charge is 0.125 e. The Hall–Kier alpha value is -2.00. The third-order valence-corrected chi connectivity index (χ3v) is 3.68. The quantitative estimate of drug-likeness (QED) is 0.847. The molecule has 0 spiro atoms. The highest BCUT2D eigenvalue weighted by atomic mass is 16.5. The van der Waals surface area contributed by atoms with Crippen LogP contribution in [0.2, 0.25) is 0 Å². The Balaban J connectivity index is 2.24. The molecule has 1 unspecified atom stereocenters. The van der Waals surface area contributed by atoms with Gasteiger partial charge in [-0.15, -0.1) is 0 Å². The molecule has 0 aliphatic carbocycles. The fraction of sp³-hybridized carbons (Fsp3) is 0.333. The number of benzene rings is 2. The molecule has 3 nitrogen and oxygen atoms in total. The number of hydrogen-bond donors (Lipinski definition) is 1. The van der Waals surface area contributed by atoms with Gasteiger partial charge < -0.3 is 14.8 Å². The molecule has 0 aliphatic rings. The third kappa shape index (κ3) is 3.99. The van der Waals surface area contributed by atoms with Crippen LogP contribution in [0.15, 0.2) is 48.5 Å². The Morgan fingerprint density at radius 3 is 2.38 bits per heavy atom. The van der Waals surface area contributed by atoms with Crippen molar-refractivity contribution in [1.82, 2.24) is 5.32 Å². The van der Waals surface area contributed by atoms with E-state index in [-0.39, 0.29) is 0 Å². The van der Waals surface area contributed by atoms with Gasteiger partial charge in [0.25, 0.3) is 0 Å². The molecule has 1 N–H and O–H groups in total. The van der Waals surface area contributed by atoms with Crippen LogP contribution < -0.4 is 14.8 Å². The SMILES string of the molecule is CNCC(Cc1ccc(OC)cc1OC)c1ccccc1. The maximum absolute atomic E-state index is 5.50. The van der Waals surface area contributed by atoms with Gasteiger partial charge in [-0.25, -0.2) is 0 Å². The zero-order valence-electron chi connectivity index (χ0n) is 12.9. The molecule has 0 aromatic heterocycles. The number of nitrogens with one attached hydrogen (secondary N) is 1. The Kier molecular flexibility index (Phi) is 5.64. The molecule has 0 amide bonds. The summed E-state index contributed by atoms with van der Waals surface area (Å²) in [4.78, 5) is 0. The van der Waals surface area contributed by atoms with E-state index in [2.05, 4.69) is 35.6 Å². The summed E-state index contributed by atoms with van der Waals surface area (Å²) in [6, 6.07) is 16.6. The second kappa shape index (κ2) is 7.70. The molecule has 0 bridgehead atoms. The molecule has 0 saturated carbocycles. The van der Waals surface area contributed by atoms with E-state index in [0.29, 0.717) is 5.92 Å². The van der Waals surface area contributed by atoms with Crippen molar-refractivity contribution in [2.45, 2.75) is 12.3 Å². The molecule has 0 aliphatic heterocycles.